The molecular weight excluding hydrogens is 449 g/mol. The molecule has 2 saturated carbocycles. The van der Waals surface area contributed by atoms with Crippen LogP contribution in [0.5, 0.6) is 5.75 Å². The number of hydrogen-bond donors (Lipinski definition) is 0. The van der Waals surface area contributed by atoms with Crippen LogP contribution in [0.4, 0.5) is 5.69 Å². The Bertz CT molecular complexity index is 1150. The molecule has 3 fully saturated rings. The van der Waals surface area contributed by atoms with Gasteiger partial charge in [-0.05, 0) is 72.6 Å². The first kappa shape index (κ1) is 20.0. The maximum atomic E-state index is 13.2. The lowest BCUT2D eigenvalue weighted by atomic mass is 9.63. The molecule has 162 valence electrons. The molecule has 2 bridgehead atoms. The largest absolute Gasteiger partial charge is 0.485 e. The van der Waals surface area contributed by atoms with E-state index >= 15 is 0 Å². The minimum Gasteiger partial charge on any atom is -0.485 e. The van der Waals surface area contributed by atoms with E-state index in [4.69, 9.17) is 27.9 Å². The molecule has 7 rings (SSSR count). The van der Waals surface area contributed by atoms with Gasteiger partial charge in [-0.2, -0.15) is 0 Å². The number of ether oxygens (including phenoxy) is 1. The van der Waals surface area contributed by atoms with E-state index < -0.39 is 0 Å². The van der Waals surface area contributed by atoms with E-state index in [1.807, 2.05) is 0 Å². The normalized spacial score (nSPS) is 31.5. The van der Waals surface area contributed by atoms with E-state index in [1.54, 1.807) is 36.4 Å². The molecule has 2 aromatic rings. The van der Waals surface area contributed by atoms with Crippen molar-refractivity contribution in [2.75, 3.05) is 11.5 Å². The Morgan fingerprint density at radius 3 is 2.12 bits per heavy atom. The second kappa shape index (κ2) is 7.19. The number of carbonyl (C=O) groups excluding carboxylic acids is 3. The number of halogens is 2. The average Bonchev–Trinajstić information content (AvgIpc) is 3.58. The van der Waals surface area contributed by atoms with Crippen molar-refractivity contribution in [2.45, 2.75) is 6.42 Å². The fourth-order valence-corrected chi connectivity index (χ4v) is 6.10. The molecule has 0 unspecified atom stereocenters. The summed E-state index contributed by atoms with van der Waals surface area (Å²) in [6.07, 6.45) is 5.47. The number of hydrogen-bond acceptors (Lipinski definition) is 4. The maximum Gasteiger partial charge on any atom is 0.238 e. The van der Waals surface area contributed by atoms with Gasteiger partial charge in [-0.25, -0.2) is 0 Å². The Morgan fingerprint density at radius 1 is 0.906 bits per heavy atom. The molecule has 0 spiro atoms. The standard InChI is InChI=1S/C25H19Cl2NO4/c26-19-8-1-12(9-20(19)27)21(29)11-32-14-4-2-13(3-5-14)28-24(30)22-15-6-7-16(18-10-17(15)18)23(22)25(28)31/h1-9,15-18,22-23H,10-11H2/t15-,16+,17+,18-,22-,23+. The number of anilines is 1. The van der Waals surface area contributed by atoms with Crippen LogP contribution in [0.2, 0.25) is 10.0 Å². The molecular formula is C25H19Cl2NO4. The Morgan fingerprint density at radius 2 is 1.53 bits per heavy atom. The van der Waals surface area contributed by atoms with Crippen LogP contribution in [0, 0.1) is 35.5 Å². The van der Waals surface area contributed by atoms with Crippen LogP contribution < -0.4 is 9.64 Å². The summed E-state index contributed by atoms with van der Waals surface area (Å²) in [5.41, 5.74) is 0.957. The van der Waals surface area contributed by atoms with E-state index in [2.05, 4.69) is 12.2 Å². The highest BCUT2D eigenvalue weighted by atomic mass is 35.5. The number of amides is 2. The van der Waals surface area contributed by atoms with Crippen molar-refractivity contribution in [2.24, 2.45) is 35.5 Å². The van der Waals surface area contributed by atoms with E-state index in [1.165, 1.54) is 11.0 Å². The lowest BCUT2D eigenvalue weighted by molar-refractivity contribution is -0.124. The number of imide groups is 1. The smallest absolute Gasteiger partial charge is 0.238 e. The van der Waals surface area contributed by atoms with Crippen molar-refractivity contribution >= 4 is 46.5 Å². The van der Waals surface area contributed by atoms with Gasteiger partial charge in [-0.1, -0.05) is 35.4 Å². The molecule has 0 N–H and O–H groups in total. The van der Waals surface area contributed by atoms with Crippen molar-refractivity contribution in [1.29, 1.82) is 0 Å². The summed E-state index contributed by atoms with van der Waals surface area (Å²) in [6.45, 7) is -0.166. The van der Waals surface area contributed by atoms with Crippen LogP contribution >= 0.6 is 23.2 Å². The molecule has 5 nitrogen and oxygen atoms in total. The average molecular weight is 468 g/mol. The third-order valence-electron chi connectivity index (χ3n) is 7.37. The Kier molecular flexibility index (Phi) is 4.50. The predicted molar refractivity (Wildman–Crippen MR) is 120 cm³/mol. The molecule has 1 saturated heterocycles. The number of allylic oxidation sites excluding steroid dienone is 2. The van der Waals surface area contributed by atoms with Crippen LogP contribution in [0.15, 0.2) is 54.6 Å². The molecule has 0 radical (unpaired) electrons. The van der Waals surface area contributed by atoms with Crippen molar-refractivity contribution in [1.82, 2.24) is 0 Å². The van der Waals surface area contributed by atoms with Gasteiger partial charge in [0.15, 0.2) is 12.4 Å². The van der Waals surface area contributed by atoms with Crippen molar-refractivity contribution in [3.8, 4) is 5.75 Å². The van der Waals surface area contributed by atoms with E-state index in [9.17, 15) is 14.4 Å². The summed E-state index contributed by atoms with van der Waals surface area (Å²) in [5.74, 6) is 1.17. The van der Waals surface area contributed by atoms with E-state index in [0.29, 0.717) is 38.9 Å². The lowest BCUT2D eigenvalue weighted by Gasteiger charge is -2.37. The minimum absolute atomic E-state index is 0.0897. The quantitative estimate of drug-likeness (QED) is 0.359. The Hall–Kier alpha value is -2.63. The fraction of sp³-hybridized carbons (Fsp3) is 0.320. The second-order valence-corrected chi connectivity index (χ2v) is 9.82. The van der Waals surface area contributed by atoms with Crippen LogP contribution in [-0.2, 0) is 9.59 Å². The van der Waals surface area contributed by atoms with Gasteiger partial charge in [0.25, 0.3) is 0 Å². The van der Waals surface area contributed by atoms with Crippen molar-refractivity contribution in [3.63, 3.8) is 0 Å². The molecule has 2 aromatic carbocycles. The third-order valence-corrected chi connectivity index (χ3v) is 8.11. The number of Topliss-reactive ketones (excluding diaryl/α,β-unsaturated/α-hetero) is 1. The zero-order valence-corrected chi connectivity index (χ0v) is 18.4. The summed E-state index contributed by atoms with van der Waals surface area (Å²) in [6, 6.07) is 11.4. The van der Waals surface area contributed by atoms with Crippen molar-refractivity contribution in [3.05, 3.63) is 70.2 Å². The number of benzene rings is 2. The van der Waals surface area contributed by atoms with Gasteiger partial charge in [-0.3, -0.25) is 19.3 Å². The van der Waals surface area contributed by atoms with Gasteiger partial charge in [0.2, 0.25) is 11.8 Å². The van der Waals surface area contributed by atoms with Crippen molar-refractivity contribution < 1.29 is 19.1 Å². The van der Waals surface area contributed by atoms with Gasteiger partial charge in [0, 0.05) is 5.56 Å². The Labute approximate surface area is 194 Å². The van der Waals surface area contributed by atoms with E-state index in [-0.39, 0.29) is 47.9 Å². The molecule has 0 aromatic heterocycles. The van der Waals surface area contributed by atoms with E-state index in [0.717, 1.165) is 6.42 Å². The minimum atomic E-state index is -0.233. The lowest BCUT2D eigenvalue weighted by Crippen LogP contribution is -2.40. The number of nitrogens with zero attached hydrogens (tertiary/aromatic N) is 1. The summed E-state index contributed by atoms with van der Waals surface area (Å²) in [5, 5.41) is 0.690. The molecule has 2 amide bonds. The van der Waals surface area contributed by atoms with Crippen LogP contribution in [-0.4, -0.2) is 24.2 Å². The highest BCUT2D eigenvalue weighted by Gasteiger charge is 2.67. The monoisotopic (exact) mass is 467 g/mol. The van der Waals surface area contributed by atoms with Crippen LogP contribution in [0.1, 0.15) is 16.8 Å². The summed E-state index contributed by atoms with van der Waals surface area (Å²) >= 11 is 11.9. The van der Waals surface area contributed by atoms with Crippen LogP contribution in [0.3, 0.4) is 0 Å². The first-order valence-electron chi connectivity index (χ1n) is 10.7. The second-order valence-electron chi connectivity index (χ2n) is 9.00. The van der Waals surface area contributed by atoms with Gasteiger partial charge < -0.3 is 4.74 Å². The van der Waals surface area contributed by atoms with Gasteiger partial charge in [0.1, 0.15) is 5.75 Å². The number of rotatable bonds is 5. The highest BCUT2D eigenvalue weighted by Crippen LogP contribution is 2.65. The van der Waals surface area contributed by atoms with Gasteiger partial charge >= 0.3 is 0 Å². The highest BCUT2D eigenvalue weighted by molar-refractivity contribution is 6.42. The predicted octanol–water partition coefficient (Wildman–Crippen LogP) is 4.81. The topological polar surface area (TPSA) is 63.7 Å². The molecule has 4 aliphatic carbocycles. The first-order valence-corrected chi connectivity index (χ1v) is 11.5. The SMILES string of the molecule is O=C(COc1ccc(N2C(=O)[C@@H]3[C@@H]4C=C[C@@H]([C@H]5C[C@@H]45)[C@@H]3C2=O)cc1)c1ccc(Cl)c(Cl)c1. The first-order chi connectivity index (χ1) is 15.4. The maximum absolute atomic E-state index is 13.2. The fourth-order valence-electron chi connectivity index (χ4n) is 5.80. The molecule has 5 aliphatic rings. The molecule has 1 aliphatic heterocycles. The molecule has 32 heavy (non-hydrogen) atoms. The van der Waals surface area contributed by atoms with Crippen LogP contribution in [0.25, 0.3) is 0 Å². The number of ketones is 1. The molecule has 6 atom stereocenters. The number of carbonyl (C=O) groups is 3. The summed E-state index contributed by atoms with van der Waals surface area (Å²) in [7, 11) is 0. The summed E-state index contributed by atoms with van der Waals surface area (Å²) < 4.78 is 5.60. The third kappa shape index (κ3) is 2.95. The Balaban J connectivity index is 1.15. The zero-order chi connectivity index (χ0) is 22.1. The summed E-state index contributed by atoms with van der Waals surface area (Å²) in [4.78, 5) is 40.1. The zero-order valence-electron chi connectivity index (χ0n) is 16.9. The molecule has 7 heteroatoms. The molecule has 1 heterocycles. The van der Waals surface area contributed by atoms with Gasteiger partial charge in [0.05, 0.1) is 27.6 Å². The van der Waals surface area contributed by atoms with Gasteiger partial charge in [-0.15, -0.1) is 0 Å².